The number of aryl methyl sites for hydroxylation is 2. The molecule has 2 heterocycles. The Bertz CT molecular complexity index is 1040. The molecule has 28 heavy (non-hydrogen) atoms. The SMILES string of the molecule is Cc1ccc2cc(CCC(=O)NCCc3noc(C(C)(C)C)n3)c(=O)[nH]c2c1. The summed E-state index contributed by atoms with van der Waals surface area (Å²) < 4.78 is 5.24. The highest BCUT2D eigenvalue weighted by Gasteiger charge is 2.21. The second kappa shape index (κ2) is 7.96. The van der Waals surface area contributed by atoms with Gasteiger partial charge in [-0.15, -0.1) is 0 Å². The number of fused-ring (bicyclic) bond motifs is 1. The number of hydrogen-bond acceptors (Lipinski definition) is 5. The van der Waals surface area contributed by atoms with E-state index in [9.17, 15) is 9.59 Å². The second-order valence-corrected chi connectivity index (χ2v) is 8.08. The van der Waals surface area contributed by atoms with Crippen LogP contribution in [0.15, 0.2) is 33.6 Å². The van der Waals surface area contributed by atoms with E-state index in [4.69, 9.17) is 4.52 Å². The highest BCUT2D eigenvalue weighted by atomic mass is 16.5. The minimum absolute atomic E-state index is 0.108. The molecule has 3 aromatic rings. The number of aromatic amines is 1. The van der Waals surface area contributed by atoms with E-state index in [1.807, 2.05) is 52.0 Å². The van der Waals surface area contributed by atoms with Gasteiger partial charge < -0.3 is 14.8 Å². The number of carbonyl (C=O) groups excluding carboxylic acids is 1. The van der Waals surface area contributed by atoms with Crippen LogP contribution < -0.4 is 10.9 Å². The Balaban J connectivity index is 1.51. The average Bonchev–Trinajstić information content (AvgIpc) is 3.09. The van der Waals surface area contributed by atoms with Crippen LogP contribution >= 0.6 is 0 Å². The van der Waals surface area contributed by atoms with Crippen molar-refractivity contribution in [2.24, 2.45) is 0 Å². The van der Waals surface area contributed by atoms with E-state index in [0.717, 1.165) is 16.5 Å². The van der Waals surface area contributed by atoms with Gasteiger partial charge in [0.25, 0.3) is 5.56 Å². The number of benzene rings is 1. The number of hydrogen-bond donors (Lipinski definition) is 2. The largest absolute Gasteiger partial charge is 0.356 e. The minimum Gasteiger partial charge on any atom is -0.356 e. The van der Waals surface area contributed by atoms with Crippen molar-refractivity contribution in [1.29, 1.82) is 0 Å². The summed E-state index contributed by atoms with van der Waals surface area (Å²) in [7, 11) is 0. The predicted octanol–water partition coefficient (Wildman–Crippen LogP) is 2.81. The summed E-state index contributed by atoms with van der Waals surface area (Å²) in [6, 6.07) is 7.77. The number of amides is 1. The highest BCUT2D eigenvalue weighted by Crippen LogP contribution is 2.19. The summed E-state index contributed by atoms with van der Waals surface area (Å²) in [4.78, 5) is 31.6. The first-order valence-corrected chi connectivity index (χ1v) is 9.45. The van der Waals surface area contributed by atoms with Crippen LogP contribution in [0.3, 0.4) is 0 Å². The van der Waals surface area contributed by atoms with Crippen molar-refractivity contribution in [3.63, 3.8) is 0 Å². The third kappa shape index (κ3) is 4.85. The van der Waals surface area contributed by atoms with Gasteiger partial charge in [-0.3, -0.25) is 9.59 Å². The lowest BCUT2D eigenvalue weighted by molar-refractivity contribution is -0.121. The molecule has 0 aliphatic rings. The number of H-pyrrole nitrogens is 1. The standard InChI is InChI=1S/C21H26N4O3/c1-13-5-6-14-12-15(19(27)23-16(14)11-13)7-8-18(26)22-10-9-17-24-20(28-25-17)21(2,3)4/h5-6,11-12H,7-10H2,1-4H3,(H,22,26)(H,23,27). The van der Waals surface area contributed by atoms with E-state index in [-0.39, 0.29) is 23.3 Å². The number of nitrogens with zero attached hydrogens (tertiary/aromatic N) is 2. The fraction of sp³-hybridized carbons (Fsp3) is 0.429. The molecule has 2 N–H and O–H groups in total. The first kappa shape index (κ1) is 19.8. The molecule has 0 saturated carbocycles. The van der Waals surface area contributed by atoms with E-state index in [0.29, 0.717) is 36.7 Å². The molecule has 1 amide bonds. The van der Waals surface area contributed by atoms with Crippen LogP contribution in [-0.2, 0) is 23.1 Å². The molecule has 7 nitrogen and oxygen atoms in total. The molecule has 0 unspecified atom stereocenters. The monoisotopic (exact) mass is 382 g/mol. The van der Waals surface area contributed by atoms with Gasteiger partial charge in [0.2, 0.25) is 11.8 Å². The Morgan fingerprint density at radius 2 is 2.00 bits per heavy atom. The zero-order valence-corrected chi connectivity index (χ0v) is 16.8. The van der Waals surface area contributed by atoms with Gasteiger partial charge in [-0.25, -0.2) is 0 Å². The Morgan fingerprint density at radius 1 is 1.21 bits per heavy atom. The molecule has 3 rings (SSSR count). The van der Waals surface area contributed by atoms with Crippen molar-refractivity contribution >= 4 is 16.8 Å². The fourth-order valence-electron chi connectivity index (χ4n) is 2.86. The maximum Gasteiger partial charge on any atom is 0.251 e. The number of nitrogens with one attached hydrogen (secondary N) is 2. The Hall–Kier alpha value is -2.96. The summed E-state index contributed by atoms with van der Waals surface area (Å²) in [5, 5.41) is 7.74. The van der Waals surface area contributed by atoms with Crippen LogP contribution in [-0.4, -0.2) is 27.6 Å². The molecule has 0 aliphatic heterocycles. The highest BCUT2D eigenvalue weighted by molar-refractivity contribution is 5.80. The smallest absolute Gasteiger partial charge is 0.251 e. The summed E-state index contributed by atoms with van der Waals surface area (Å²) in [6.45, 7) is 8.41. The van der Waals surface area contributed by atoms with Crippen LogP contribution in [0, 0.1) is 6.92 Å². The van der Waals surface area contributed by atoms with Crippen LogP contribution in [0.1, 0.15) is 50.0 Å². The molecule has 7 heteroatoms. The van der Waals surface area contributed by atoms with Gasteiger partial charge in [0.1, 0.15) is 0 Å². The fourth-order valence-corrected chi connectivity index (χ4v) is 2.86. The van der Waals surface area contributed by atoms with E-state index < -0.39 is 0 Å². The van der Waals surface area contributed by atoms with Crippen molar-refractivity contribution in [3.8, 4) is 0 Å². The van der Waals surface area contributed by atoms with Gasteiger partial charge in [-0.05, 0) is 36.4 Å². The van der Waals surface area contributed by atoms with Crippen LogP contribution in [0.2, 0.25) is 0 Å². The maximum absolute atomic E-state index is 12.2. The van der Waals surface area contributed by atoms with E-state index in [1.165, 1.54) is 0 Å². The van der Waals surface area contributed by atoms with Crippen LogP contribution in [0.25, 0.3) is 10.9 Å². The predicted molar refractivity (Wildman–Crippen MR) is 107 cm³/mol. The van der Waals surface area contributed by atoms with Crippen molar-refractivity contribution in [2.45, 2.75) is 52.4 Å². The summed E-state index contributed by atoms with van der Waals surface area (Å²) in [5.41, 5.74) is 2.17. The molecule has 0 saturated heterocycles. The molecule has 2 aromatic heterocycles. The van der Waals surface area contributed by atoms with Gasteiger partial charge in [0.05, 0.1) is 0 Å². The van der Waals surface area contributed by atoms with Crippen LogP contribution in [0.4, 0.5) is 0 Å². The molecular formula is C21H26N4O3. The molecule has 0 atom stereocenters. The van der Waals surface area contributed by atoms with Gasteiger partial charge in [0, 0.05) is 35.9 Å². The first-order chi connectivity index (χ1) is 13.2. The molecule has 0 fully saturated rings. The second-order valence-electron chi connectivity index (χ2n) is 8.08. The lowest BCUT2D eigenvalue weighted by atomic mass is 9.97. The maximum atomic E-state index is 12.2. The molecule has 0 radical (unpaired) electrons. The zero-order valence-electron chi connectivity index (χ0n) is 16.8. The van der Waals surface area contributed by atoms with Gasteiger partial charge in [-0.2, -0.15) is 4.98 Å². The van der Waals surface area contributed by atoms with Gasteiger partial charge in [0.15, 0.2) is 5.82 Å². The number of carbonyl (C=O) groups is 1. The van der Waals surface area contributed by atoms with E-state index in [1.54, 1.807) is 0 Å². The van der Waals surface area contributed by atoms with E-state index in [2.05, 4.69) is 20.4 Å². The van der Waals surface area contributed by atoms with Crippen molar-refractivity contribution in [1.82, 2.24) is 20.4 Å². The normalized spacial score (nSPS) is 11.7. The lowest BCUT2D eigenvalue weighted by Gasteiger charge is -2.10. The third-order valence-corrected chi connectivity index (χ3v) is 4.48. The zero-order chi connectivity index (χ0) is 20.3. The lowest BCUT2D eigenvalue weighted by Crippen LogP contribution is -2.27. The molecule has 0 aliphatic carbocycles. The quantitative estimate of drug-likeness (QED) is 0.683. The Kier molecular flexibility index (Phi) is 5.63. The minimum atomic E-state index is -0.194. The Morgan fingerprint density at radius 3 is 2.71 bits per heavy atom. The van der Waals surface area contributed by atoms with E-state index >= 15 is 0 Å². The van der Waals surface area contributed by atoms with Crippen molar-refractivity contribution in [2.75, 3.05) is 6.54 Å². The van der Waals surface area contributed by atoms with Crippen molar-refractivity contribution in [3.05, 3.63) is 57.5 Å². The number of rotatable bonds is 6. The summed E-state index contributed by atoms with van der Waals surface area (Å²) >= 11 is 0. The van der Waals surface area contributed by atoms with Crippen molar-refractivity contribution < 1.29 is 9.32 Å². The molecule has 148 valence electrons. The first-order valence-electron chi connectivity index (χ1n) is 9.45. The topological polar surface area (TPSA) is 101 Å². The number of pyridine rings is 1. The summed E-state index contributed by atoms with van der Waals surface area (Å²) in [5.74, 6) is 1.05. The molecule has 0 bridgehead atoms. The number of aromatic nitrogens is 3. The average molecular weight is 382 g/mol. The van der Waals surface area contributed by atoms with Crippen LogP contribution in [0.5, 0.6) is 0 Å². The van der Waals surface area contributed by atoms with Gasteiger partial charge >= 0.3 is 0 Å². The third-order valence-electron chi connectivity index (χ3n) is 4.48. The van der Waals surface area contributed by atoms with Gasteiger partial charge in [-0.1, -0.05) is 38.1 Å². The molecular weight excluding hydrogens is 356 g/mol. The molecule has 0 spiro atoms. The Labute approximate surface area is 163 Å². The summed E-state index contributed by atoms with van der Waals surface area (Å²) in [6.07, 6.45) is 1.14. The molecule has 1 aromatic carbocycles.